The van der Waals surface area contributed by atoms with Gasteiger partial charge in [0, 0.05) is 43.6 Å². The predicted molar refractivity (Wildman–Crippen MR) is 246 cm³/mol. The van der Waals surface area contributed by atoms with Crippen molar-refractivity contribution in [3.8, 4) is 0 Å². The van der Waals surface area contributed by atoms with Crippen molar-refractivity contribution in [3.63, 3.8) is 0 Å². The summed E-state index contributed by atoms with van der Waals surface area (Å²) < 4.78 is 5.48. The highest BCUT2D eigenvalue weighted by Crippen LogP contribution is 2.38. The first-order chi connectivity index (χ1) is 32.0. The summed E-state index contributed by atoms with van der Waals surface area (Å²) in [6.45, 7) is 0. The van der Waals surface area contributed by atoms with Crippen molar-refractivity contribution in [2.45, 2.75) is 120 Å². The van der Waals surface area contributed by atoms with E-state index < -0.39 is 17.9 Å². The second-order valence-electron chi connectivity index (χ2n) is 17.7. The van der Waals surface area contributed by atoms with Gasteiger partial charge in [0.15, 0.2) is 23.1 Å². The fourth-order valence-electron chi connectivity index (χ4n) is 10.3. The molecule has 4 aliphatic rings. The summed E-state index contributed by atoms with van der Waals surface area (Å²) in [6, 6.07) is 2.09. The zero-order chi connectivity index (χ0) is 48.5. The van der Waals surface area contributed by atoms with Crippen LogP contribution in [-0.4, -0.2) is 130 Å². The lowest BCUT2D eigenvalue weighted by molar-refractivity contribution is -0.139. The van der Waals surface area contributed by atoms with E-state index >= 15 is 0 Å². The van der Waals surface area contributed by atoms with E-state index in [1.807, 2.05) is 30.3 Å². The van der Waals surface area contributed by atoms with Gasteiger partial charge in [0.05, 0.1) is 30.8 Å². The minimum absolute atomic E-state index is 0.00866. The smallest absolute Gasteiger partial charge is 0.349 e. The van der Waals surface area contributed by atoms with Crippen LogP contribution >= 0.6 is 0 Å². The number of rotatable bonds is 13. The van der Waals surface area contributed by atoms with Gasteiger partial charge in [-0.15, -0.1) is 0 Å². The molecule has 25 nitrogen and oxygen atoms in total. The molecule has 4 aromatic rings. The number of imidazole rings is 2. The maximum absolute atomic E-state index is 12.1. The molecule has 67 heavy (non-hydrogen) atoms. The van der Waals surface area contributed by atoms with Gasteiger partial charge in [-0.05, 0) is 110 Å². The van der Waals surface area contributed by atoms with E-state index in [0.29, 0.717) is 17.2 Å². The molecule has 3 saturated carbocycles. The number of carboxylic acids is 3. The SMILES string of the molecule is CNC1NC(=O)c2ncn([C@@H]3CC[C@@H](CC(=O)O)C[C@@H]3NC)c2N1.CN[C@H]1C[C@H](CC(=O)O)CC[C@H]1n1ccc(N)nc1=O.CN[C@H]1C[C@H](CC(=O)O)CC[C@H]1n1cnc2c(=O)[nH]c(N)nc21. The van der Waals surface area contributed by atoms with Crippen molar-refractivity contribution in [1.29, 1.82) is 0 Å². The number of nitrogens with two attached hydrogens (primary N) is 2. The Labute approximate surface area is 385 Å². The van der Waals surface area contributed by atoms with Crippen LogP contribution in [0.2, 0.25) is 0 Å². The molecule has 1 aliphatic heterocycles. The standard InChI is InChI=1S/C15H24N6O3.C14H20N6O3.C13H20N4O3/c1-16-9-5-8(6-11(22)23)3-4-10(9)21-7-18-12-13(21)19-15(17-2)20-14(12)24;1-16-8-4-7(5-10(21)22)2-3-9(8)20-6-17-11-12(20)18-14(15)19-13(11)23;1-15-9-6-8(7-12(18)19)2-3-10(9)17-5-4-11(14)16-13(17)20/h7-10,15-17,19H,3-6H2,1-2H3,(H,20,24)(H,22,23);6-9,16H,2-5H2,1H3,(H,21,22)(H3,15,18,19,23);4-5,8-10,15H,2-3,6-7H2,1H3,(H,18,19)(H2,14,16,20)/t8-,9+,10-,15?;7-,8+,9-;8-,9+,10-/m111/s1. The number of hydrogen-bond acceptors (Lipinski definition) is 17. The first-order valence-corrected chi connectivity index (χ1v) is 22.6. The molecule has 10 atom stereocenters. The normalized spacial score (nSPS) is 27.0. The molecule has 0 radical (unpaired) electrons. The third-order valence-electron chi connectivity index (χ3n) is 13.5. The molecule has 8 rings (SSSR count). The number of fused-ring (bicyclic) bond motifs is 2. The number of hydrogen-bond donors (Lipinski definition) is 12. The van der Waals surface area contributed by atoms with E-state index in [-0.39, 0.29) is 114 Å². The second kappa shape index (κ2) is 22.4. The molecule has 14 N–H and O–H groups in total. The molecule has 0 bridgehead atoms. The van der Waals surface area contributed by atoms with Crippen LogP contribution in [0, 0.1) is 17.8 Å². The lowest BCUT2D eigenvalue weighted by Gasteiger charge is -2.38. The fourth-order valence-corrected chi connectivity index (χ4v) is 10.3. The number of H-pyrrole nitrogens is 1. The van der Waals surface area contributed by atoms with Crippen LogP contribution in [0.1, 0.15) is 106 Å². The Morgan fingerprint density at radius 3 is 1.64 bits per heavy atom. The largest absolute Gasteiger partial charge is 0.481 e. The Morgan fingerprint density at radius 1 is 0.672 bits per heavy atom. The average Bonchev–Trinajstić information content (AvgIpc) is 3.91. The molecule has 0 aromatic carbocycles. The molecule has 0 saturated heterocycles. The first-order valence-electron chi connectivity index (χ1n) is 22.6. The molecule has 3 fully saturated rings. The van der Waals surface area contributed by atoms with Crippen molar-refractivity contribution in [3.05, 3.63) is 51.4 Å². The van der Waals surface area contributed by atoms with Gasteiger partial charge in [0.2, 0.25) is 5.95 Å². The summed E-state index contributed by atoms with van der Waals surface area (Å²) in [4.78, 5) is 87.4. The summed E-state index contributed by atoms with van der Waals surface area (Å²) in [5.41, 5.74) is 11.5. The Bertz CT molecular complexity index is 2490. The highest BCUT2D eigenvalue weighted by Gasteiger charge is 2.37. The molecule has 366 valence electrons. The van der Waals surface area contributed by atoms with Gasteiger partial charge in [-0.25, -0.2) is 14.8 Å². The monoisotopic (exact) mass is 937 g/mol. The van der Waals surface area contributed by atoms with Crippen molar-refractivity contribution in [1.82, 2.24) is 65.2 Å². The number of amides is 1. The van der Waals surface area contributed by atoms with Crippen molar-refractivity contribution < 1.29 is 34.5 Å². The van der Waals surface area contributed by atoms with Crippen LogP contribution in [0.5, 0.6) is 0 Å². The molecular formula is C42H64N16O9. The van der Waals surface area contributed by atoms with Crippen LogP contribution < -0.4 is 54.6 Å². The maximum atomic E-state index is 12.1. The number of aromatic nitrogens is 8. The summed E-state index contributed by atoms with van der Waals surface area (Å²) in [6.07, 6.45) is 12.4. The number of nitrogens with one attached hydrogen (secondary N) is 7. The van der Waals surface area contributed by atoms with Crippen molar-refractivity contribution in [2.24, 2.45) is 17.8 Å². The number of aliphatic carboxylic acids is 3. The molecule has 5 heterocycles. The van der Waals surface area contributed by atoms with Crippen LogP contribution in [0.25, 0.3) is 11.2 Å². The number of carboxylic acid groups (broad SMARTS) is 3. The lowest BCUT2D eigenvalue weighted by Crippen LogP contribution is -2.53. The van der Waals surface area contributed by atoms with Gasteiger partial charge in [0.1, 0.15) is 11.6 Å². The maximum Gasteiger partial charge on any atom is 0.349 e. The second-order valence-corrected chi connectivity index (χ2v) is 17.7. The van der Waals surface area contributed by atoms with Crippen molar-refractivity contribution >= 4 is 52.6 Å². The van der Waals surface area contributed by atoms with E-state index in [2.05, 4.69) is 56.8 Å². The summed E-state index contributed by atoms with van der Waals surface area (Å²) in [5.74, 6) is -1.03. The number of nitrogen functional groups attached to an aromatic ring is 2. The van der Waals surface area contributed by atoms with Gasteiger partial charge < -0.3 is 62.5 Å². The minimum Gasteiger partial charge on any atom is -0.481 e. The number of carbonyl (C=O) groups excluding carboxylic acids is 1. The highest BCUT2D eigenvalue weighted by molar-refractivity contribution is 5.99. The Kier molecular flexibility index (Phi) is 16.7. The van der Waals surface area contributed by atoms with Gasteiger partial charge in [-0.3, -0.25) is 38.8 Å². The Hall–Kier alpha value is -6.44. The minimum atomic E-state index is -0.769. The number of likely N-dealkylation sites (N-methyl/N-ethyl adjacent to an activating group) is 3. The Balaban J connectivity index is 0.000000167. The molecule has 4 aromatic heterocycles. The third-order valence-corrected chi connectivity index (χ3v) is 13.5. The Morgan fingerprint density at radius 2 is 1.16 bits per heavy atom. The van der Waals surface area contributed by atoms with Gasteiger partial charge in [0.25, 0.3) is 11.5 Å². The number of anilines is 3. The molecule has 3 aliphatic carbocycles. The van der Waals surface area contributed by atoms with Crippen LogP contribution in [0.4, 0.5) is 17.6 Å². The van der Waals surface area contributed by atoms with Gasteiger partial charge in [-0.2, -0.15) is 9.97 Å². The highest BCUT2D eigenvalue weighted by atomic mass is 16.4. The molecule has 1 amide bonds. The number of nitrogens with zero attached hydrogens (tertiary/aromatic N) is 7. The topological polar surface area (TPSA) is 369 Å². The van der Waals surface area contributed by atoms with Crippen molar-refractivity contribution in [2.75, 3.05) is 45.0 Å². The summed E-state index contributed by atoms with van der Waals surface area (Å²) >= 11 is 0. The summed E-state index contributed by atoms with van der Waals surface area (Å²) in [5, 5.41) is 45.6. The fraction of sp³-hybridized carbons (Fsp3) is 0.619. The number of aromatic amines is 1. The number of carbonyl (C=O) groups is 4. The van der Waals surface area contributed by atoms with E-state index in [4.69, 9.17) is 26.8 Å². The predicted octanol–water partition coefficient (Wildman–Crippen LogP) is 0.280. The lowest BCUT2D eigenvalue weighted by atomic mass is 9.80. The quantitative estimate of drug-likeness (QED) is 0.0856. The summed E-state index contributed by atoms with van der Waals surface area (Å²) in [7, 11) is 7.34. The van der Waals surface area contributed by atoms with E-state index in [1.165, 1.54) is 0 Å². The third kappa shape index (κ3) is 12.1. The molecule has 25 heteroatoms. The van der Waals surface area contributed by atoms with E-state index in [9.17, 15) is 28.8 Å². The van der Waals surface area contributed by atoms with E-state index in [0.717, 1.165) is 57.8 Å². The van der Waals surface area contributed by atoms with Gasteiger partial charge >= 0.3 is 23.6 Å². The van der Waals surface area contributed by atoms with Crippen LogP contribution in [0.3, 0.4) is 0 Å². The zero-order valence-corrected chi connectivity index (χ0v) is 38.1. The van der Waals surface area contributed by atoms with E-state index in [1.54, 1.807) is 36.5 Å². The molecule has 0 spiro atoms. The first kappa shape index (κ1) is 50.0. The van der Waals surface area contributed by atoms with Gasteiger partial charge in [-0.1, -0.05) is 0 Å². The molecule has 1 unspecified atom stereocenters. The van der Waals surface area contributed by atoms with Crippen LogP contribution in [0.15, 0.2) is 34.5 Å². The zero-order valence-electron chi connectivity index (χ0n) is 38.1. The molecular weight excluding hydrogens is 873 g/mol. The average molecular weight is 937 g/mol. The van der Waals surface area contributed by atoms with Crippen LogP contribution in [-0.2, 0) is 14.4 Å².